The van der Waals surface area contributed by atoms with E-state index in [-0.39, 0.29) is 11.3 Å². The van der Waals surface area contributed by atoms with E-state index in [0.29, 0.717) is 16.5 Å². The topological polar surface area (TPSA) is 64.3 Å². The van der Waals surface area contributed by atoms with Gasteiger partial charge in [0.25, 0.3) is 0 Å². The number of carbonyl (C=O) groups is 1. The van der Waals surface area contributed by atoms with Crippen LogP contribution in [0.3, 0.4) is 0 Å². The van der Waals surface area contributed by atoms with Crippen LogP contribution in [0.4, 0.5) is 5.69 Å². The molecule has 0 aromatic heterocycles. The molecule has 5 heteroatoms. The maximum Gasteiger partial charge on any atom is 0.241 e. The van der Waals surface area contributed by atoms with Crippen LogP contribution in [0.1, 0.15) is 20.8 Å². The van der Waals surface area contributed by atoms with Crippen molar-refractivity contribution in [2.45, 2.75) is 26.8 Å². The van der Waals surface area contributed by atoms with Gasteiger partial charge in [-0.3, -0.25) is 4.79 Å². The highest BCUT2D eigenvalue weighted by Crippen LogP contribution is 2.27. The molecule has 0 saturated heterocycles. The summed E-state index contributed by atoms with van der Waals surface area (Å²) in [4.78, 5) is 12.0. The molecule has 0 heterocycles. The molecular formula is C13H19ClN2O2. The number of anilines is 1. The van der Waals surface area contributed by atoms with Crippen LogP contribution >= 0.6 is 11.6 Å². The molecule has 1 rings (SSSR count). The third-order valence-corrected chi connectivity index (χ3v) is 2.98. The molecule has 1 aromatic rings. The number of hydrogen-bond donors (Lipinski definition) is 2. The van der Waals surface area contributed by atoms with Crippen LogP contribution in [-0.4, -0.2) is 19.1 Å². The van der Waals surface area contributed by atoms with Gasteiger partial charge >= 0.3 is 0 Å². The first-order chi connectivity index (χ1) is 8.25. The lowest BCUT2D eigenvalue weighted by Gasteiger charge is -2.26. The van der Waals surface area contributed by atoms with E-state index in [2.05, 4.69) is 5.32 Å². The second-order valence-electron chi connectivity index (χ2n) is 5.18. The molecular weight excluding hydrogens is 252 g/mol. The predicted octanol–water partition coefficient (Wildman–Crippen LogP) is 2.66. The molecule has 0 bridgehead atoms. The normalized spacial score (nSPS) is 13.0. The molecule has 0 saturated carbocycles. The van der Waals surface area contributed by atoms with Crippen molar-refractivity contribution in [1.82, 2.24) is 0 Å². The lowest BCUT2D eigenvalue weighted by Crippen LogP contribution is -2.45. The van der Waals surface area contributed by atoms with Crippen molar-refractivity contribution in [3.05, 3.63) is 23.2 Å². The van der Waals surface area contributed by atoms with Crippen molar-refractivity contribution < 1.29 is 9.53 Å². The molecule has 3 N–H and O–H groups in total. The molecule has 1 aromatic carbocycles. The predicted molar refractivity (Wildman–Crippen MR) is 74.1 cm³/mol. The summed E-state index contributed by atoms with van der Waals surface area (Å²) in [6.07, 6.45) is 0. The number of amides is 1. The van der Waals surface area contributed by atoms with Gasteiger partial charge in [-0.05, 0) is 17.5 Å². The van der Waals surface area contributed by atoms with Crippen molar-refractivity contribution in [1.29, 1.82) is 0 Å². The summed E-state index contributed by atoms with van der Waals surface area (Å²) in [6, 6.07) is 4.44. The van der Waals surface area contributed by atoms with Gasteiger partial charge < -0.3 is 15.8 Å². The van der Waals surface area contributed by atoms with Gasteiger partial charge in [-0.2, -0.15) is 0 Å². The van der Waals surface area contributed by atoms with E-state index >= 15 is 0 Å². The first kappa shape index (κ1) is 14.8. The van der Waals surface area contributed by atoms with E-state index in [1.165, 1.54) is 0 Å². The minimum absolute atomic E-state index is 0.266. The zero-order valence-electron chi connectivity index (χ0n) is 11.1. The molecule has 0 aliphatic heterocycles. The van der Waals surface area contributed by atoms with Gasteiger partial charge in [0.15, 0.2) is 0 Å². The Labute approximate surface area is 112 Å². The van der Waals surface area contributed by atoms with Crippen LogP contribution in [-0.2, 0) is 4.79 Å². The molecule has 0 aliphatic rings. The van der Waals surface area contributed by atoms with Crippen LogP contribution in [0.5, 0.6) is 5.75 Å². The van der Waals surface area contributed by atoms with E-state index in [9.17, 15) is 4.79 Å². The smallest absolute Gasteiger partial charge is 0.241 e. The summed E-state index contributed by atoms with van der Waals surface area (Å²) in [7, 11) is 1.55. The van der Waals surface area contributed by atoms with Gasteiger partial charge in [0.2, 0.25) is 5.91 Å². The van der Waals surface area contributed by atoms with Gasteiger partial charge in [0.1, 0.15) is 5.75 Å². The third-order valence-electron chi connectivity index (χ3n) is 2.65. The Kier molecular flexibility index (Phi) is 4.59. The maximum atomic E-state index is 12.0. The number of nitrogens with one attached hydrogen (secondary N) is 1. The zero-order chi connectivity index (χ0) is 13.9. The van der Waals surface area contributed by atoms with Gasteiger partial charge in [0.05, 0.1) is 23.9 Å². The van der Waals surface area contributed by atoms with E-state index in [4.69, 9.17) is 22.1 Å². The fraction of sp³-hybridized carbons (Fsp3) is 0.462. The third kappa shape index (κ3) is 3.62. The Morgan fingerprint density at radius 3 is 2.56 bits per heavy atom. The molecule has 0 spiro atoms. The summed E-state index contributed by atoms with van der Waals surface area (Å²) >= 11 is 6.01. The van der Waals surface area contributed by atoms with Crippen LogP contribution in [0, 0.1) is 5.41 Å². The fourth-order valence-corrected chi connectivity index (χ4v) is 1.50. The summed E-state index contributed by atoms with van der Waals surface area (Å²) in [5, 5.41) is 3.16. The number of carbonyl (C=O) groups excluding carboxylic acids is 1. The van der Waals surface area contributed by atoms with Gasteiger partial charge in [0, 0.05) is 6.07 Å². The molecule has 18 heavy (non-hydrogen) atoms. The van der Waals surface area contributed by atoms with Gasteiger partial charge in [-0.25, -0.2) is 0 Å². The molecule has 0 fully saturated rings. The Balaban J connectivity index is 2.88. The van der Waals surface area contributed by atoms with Crippen molar-refractivity contribution >= 4 is 23.2 Å². The van der Waals surface area contributed by atoms with Crippen LogP contribution < -0.4 is 15.8 Å². The highest BCUT2D eigenvalue weighted by atomic mass is 35.5. The first-order valence-corrected chi connectivity index (χ1v) is 6.03. The largest absolute Gasteiger partial charge is 0.497 e. The van der Waals surface area contributed by atoms with E-state index in [1.54, 1.807) is 25.3 Å². The monoisotopic (exact) mass is 270 g/mol. The molecule has 0 unspecified atom stereocenters. The average Bonchev–Trinajstić information content (AvgIpc) is 2.29. The quantitative estimate of drug-likeness (QED) is 0.887. The maximum absolute atomic E-state index is 12.0. The van der Waals surface area contributed by atoms with Crippen molar-refractivity contribution in [3.63, 3.8) is 0 Å². The number of benzene rings is 1. The molecule has 100 valence electrons. The molecule has 1 amide bonds. The highest BCUT2D eigenvalue weighted by molar-refractivity contribution is 6.33. The van der Waals surface area contributed by atoms with Crippen LogP contribution in [0.25, 0.3) is 0 Å². The lowest BCUT2D eigenvalue weighted by atomic mass is 9.87. The number of hydrogen-bond acceptors (Lipinski definition) is 3. The Hall–Kier alpha value is -1.26. The number of halogens is 1. The number of nitrogens with two attached hydrogens (primary N) is 1. The summed E-state index contributed by atoms with van der Waals surface area (Å²) in [6.45, 7) is 5.72. The Bertz CT molecular complexity index is 441. The Morgan fingerprint density at radius 2 is 2.06 bits per heavy atom. The summed E-state index contributed by atoms with van der Waals surface area (Å²) in [5.41, 5.74) is 6.07. The zero-order valence-corrected chi connectivity index (χ0v) is 11.8. The lowest BCUT2D eigenvalue weighted by molar-refractivity contribution is -0.119. The Morgan fingerprint density at radius 1 is 1.44 bits per heavy atom. The minimum atomic E-state index is -0.611. The SMILES string of the molecule is COc1ccc(Cl)c(NC(=O)[C@@H](N)C(C)(C)C)c1. The van der Waals surface area contributed by atoms with Crippen LogP contribution in [0.2, 0.25) is 5.02 Å². The molecule has 0 radical (unpaired) electrons. The summed E-state index contributed by atoms with van der Waals surface area (Å²) < 4.78 is 5.08. The second kappa shape index (κ2) is 5.59. The minimum Gasteiger partial charge on any atom is -0.497 e. The standard InChI is InChI=1S/C13H19ClN2O2/c1-13(2,3)11(15)12(17)16-10-7-8(18-4)5-6-9(10)14/h5-7,11H,15H2,1-4H3,(H,16,17)/t11-/m1/s1. The fourth-order valence-electron chi connectivity index (χ4n) is 1.33. The number of ether oxygens (including phenoxy) is 1. The first-order valence-electron chi connectivity index (χ1n) is 5.65. The highest BCUT2D eigenvalue weighted by Gasteiger charge is 2.27. The molecule has 1 atom stereocenters. The van der Waals surface area contributed by atoms with Crippen LogP contribution in [0.15, 0.2) is 18.2 Å². The van der Waals surface area contributed by atoms with Crippen molar-refractivity contribution in [2.24, 2.45) is 11.1 Å². The molecule has 0 aliphatic carbocycles. The average molecular weight is 271 g/mol. The van der Waals surface area contributed by atoms with Crippen molar-refractivity contribution in [3.8, 4) is 5.75 Å². The summed E-state index contributed by atoms with van der Waals surface area (Å²) in [5.74, 6) is 0.358. The number of rotatable bonds is 3. The van der Waals surface area contributed by atoms with E-state index in [1.807, 2.05) is 20.8 Å². The van der Waals surface area contributed by atoms with Gasteiger partial charge in [-0.1, -0.05) is 32.4 Å². The van der Waals surface area contributed by atoms with Crippen molar-refractivity contribution in [2.75, 3.05) is 12.4 Å². The second-order valence-corrected chi connectivity index (χ2v) is 5.59. The number of methoxy groups -OCH3 is 1. The van der Waals surface area contributed by atoms with Gasteiger partial charge in [-0.15, -0.1) is 0 Å². The van der Waals surface area contributed by atoms with E-state index < -0.39 is 6.04 Å². The molecule has 4 nitrogen and oxygen atoms in total. The van der Waals surface area contributed by atoms with E-state index in [0.717, 1.165) is 0 Å².